The molecule has 84 valence electrons. The first-order valence-corrected chi connectivity index (χ1v) is 5.74. The van der Waals surface area contributed by atoms with Gasteiger partial charge in [-0.3, -0.25) is 0 Å². The third-order valence-electron chi connectivity index (χ3n) is 2.24. The van der Waals surface area contributed by atoms with Crippen LogP contribution in [-0.4, -0.2) is 9.97 Å². The van der Waals surface area contributed by atoms with E-state index in [0.717, 1.165) is 10.0 Å². The fourth-order valence-corrected chi connectivity index (χ4v) is 1.88. The Morgan fingerprint density at radius 1 is 1.41 bits per heavy atom. The van der Waals surface area contributed by atoms with Crippen LogP contribution in [0.5, 0.6) is 0 Å². The molecular weight excluding hydrogens is 280 g/mol. The lowest BCUT2D eigenvalue weighted by Crippen LogP contribution is -2.02. The van der Waals surface area contributed by atoms with E-state index >= 15 is 0 Å². The number of nitriles is 1. The maximum Gasteiger partial charge on any atom is 0.145 e. The molecular formula is C12H9BrN4. The molecule has 4 nitrogen and oxygen atoms in total. The molecule has 2 aromatic rings. The van der Waals surface area contributed by atoms with Crippen molar-refractivity contribution in [3.8, 4) is 6.07 Å². The molecule has 0 saturated carbocycles. The summed E-state index contributed by atoms with van der Waals surface area (Å²) in [7, 11) is 0. The van der Waals surface area contributed by atoms with E-state index < -0.39 is 0 Å². The van der Waals surface area contributed by atoms with Crippen molar-refractivity contribution in [2.45, 2.75) is 6.42 Å². The first-order chi connectivity index (χ1) is 8.19. The van der Waals surface area contributed by atoms with Crippen molar-refractivity contribution >= 4 is 21.7 Å². The first-order valence-electron chi connectivity index (χ1n) is 4.95. The summed E-state index contributed by atoms with van der Waals surface area (Å²) in [6.07, 6.45) is 2.05. The minimum absolute atomic E-state index is 0.229. The highest BCUT2D eigenvalue weighted by Gasteiger charge is 2.04. The summed E-state index contributed by atoms with van der Waals surface area (Å²) in [4.78, 5) is 8.20. The lowest BCUT2D eigenvalue weighted by Gasteiger charge is -2.03. The summed E-state index contributed by atoms with van der Waals surface area (Å²) in [6.45, 7) is 0. The standard InChI is InChI=1S/C12H9BrN4/c13-10-3-1-2-8(4-10)5-11-16-7-9(6-14)12(15)17-11/h1-4,7H,5H2,(H2,15,16,17). The van der Waals surface area contributed by atoms with Crippen LogP contribution in [0.15, 0.2) is 34.9 Å². The van der Waals surface area contributed by atoms with Gasteiger partial charge >= 0.3 is 0 Å². The number of hydrogen-bond donors (Lipinski definition) is 1. The highest BCUT2D eigenvalue weighted by Crippen LogP contribution is 2.14. The molecule has 0 aliphatic rings. The number of aromatic nitrogens is 2. The van der Waals surface area contributed by atoms with Gasteiger partial charge in [0.05, 0.1) is 6.20 Å². The van der Waals surface area contributed by atoms with Gasteiger partial charge in [0.25, 0.3) is 0 Å². The minimum Gasteiger partial charge on any atom is -0.382 e. The van der Waals surface area contributed by atoms with Crippen LogP contribution in [0, 0.1) is 11.3 Å². The summed E-state index contributed by atoms with van der Waals surface area (Å²) < 4.78 is 1.01. The van der Waals surface area contributed by atoms with Gasteiger partial charge in [-0.05, 0) is 17.7 Å². The Kier molecular flexibility index (Phi) is 3.35. The molecule has 0 bridgehead atoms. The van der Waals surface area contributed by atoms with Gasteiger partial charge in [0, 0.05) is 10.9 Å². The van der Waals surface area contributed by atoms with E-state index in [1.54, 1.807) is 0 Å². The molecule has 0 saturated heterocycles. The lowest BCUT2D eigenvalue weighted by atomic mass is 10.1. The number of nitrogen functional groups attached to an aromatic ring is 1. The molecule has 0 radical (unpaired) electrons. The molecule has 1 aromatic carbocycles. The average molecular weight is 289 g/mol. The molecule has 0 amide bonds. The molecule has 1 heterocycles. The molecule has 0 unspecified atom stereocenters. The quantitative estimate of drug-likeness (QED) is 0.920. The van der Waals surface area contributed by atoms with Gasteiger partial charge in [-0.1, -0.05) is 28.1 Å². The van der Waals surface area contributed by atoms with Crippen LogP contribution in [0.1, 0.15) is 17.0 Å². The minimum atomic E-state index is 0.229. The zero-order valence-electron chi connectivity index (χ0n) is 8.89. The van der Waals surface area contributed by atoms with Crippen LogP contribution >= 0.6 is 15.9 Å². The molecule has 2 rings (SSSR count). The largest absolute Gasteiger partial charge is 0.382 e. The summed E-state index contributed by atoms with van der Waals surface area (Å²) in [5.41, 5.74) is 7.03. The molecule has 5 heteroatoms. The molecule has 0 fully saturated rings. The van der Waals surface area contributed by atoms with Crippen LogP contribution < -0.4 is 5.73 Å². The van der Waals surface area contributed by atoms with Crippen molar-refractivity contribution < 1.29 is 0 Å². The van der Waals surface area contributed by atoms with Crippen molar-refractivity contribution in [3.63, 3.8) is 0 Å². The van der Waals surface area contributed by atoms with Crippen molar-refractivity contribution in [3.05, 3.63) is 51.9 Å². The monoisotopic (exact) mass is 288 g/mol. The summed E-state index contributed by atoms with van der Waals surface area (Å²) in [5, 5.41) is 8.72. The van der Waals surface area contributed by atoms with E-state index in [4.69, 9.17) is 11.0 Å². The Hall–Kier alpha value is -1.93. The van der Waals surface area contributed by atoms with Gasteiger partial charge in [0.2, 0.25) is 0 Å². The van der Waals surface area contributed by atoms with Gasteiger partial charge in [0.15, 0.2) is 0 Å². The Balaban J connectivity index is 2.25. The van der Waals surface area contributed by atoms with E-state index in [0.29, 0.717) is 17.8 Å². The SMILES string of the molecule is N#Cc1cnc(Cc2cccc(Br)c2)nc1N. The number of benzene rings is 1. The smallest absolute Gasteiger partial charge is 0.145 e. The van der Waals surface area contributed by atoms with E-state index in [1.807, 2.05) is 30.3 Å². The lowest BCUT2D eigenvalue weighted by molar-refractivity contribution is 0.969. The second-order valence-corrected chi connectivity index (χ2v) is 4.42. The highest BCUT2D eigenvalue weighted by atomic mass is 79.9. The fourth-order valence-electron chi connectivity index (χ4n) is 1.43. The molecule has 1 aromatic heterocycles. The molecule has 2 N–H and O–H groups in total. The number of anilines is 1. The summed E-state index contributed by atoms with van der Waals surface area (Å²) in [6, 6.07) is 9.83. The fraction of sp³-hybridized carbons (Fsp3) is 0.0833. The van der Waals surface area contributed by atoms with E-state index in [1.165, 1.54) is 6.20 Å². The first kappa shape index (κ1) is 11.6. The van der Waals surface area contributed by atoms with Gasteiger partial charge in [-0.15, -0.1) is 0 Å². The van der Waals surface area contributed by atoms with E-state index in [9.17, 15) is 0 Å². The van der Waals surface area contributed by atoms with Crippen molar-refractivity contribution in [2.24, 2.45) is 0 Å². The predicted octanol–water partition coefficient (Wildman–Crippen LogP) is 2.28. The van der Waals surface area contributed by atoms with Crippen LogP contribution in [0.4, 0.5) is 5.82 Å². The third-order valence-corrected chi connectivity index (χ3v) is 2.73. The van der Waals surface area contributed by atoms with Crippen LogP contribution in [0.25, 0.3) is 0 Å². The Bertz CT molecular complexity index is 589. The summed E-state index contributed by atoms with van der Waals surface area (Å²) >= 11 is 3.40. The average Bonchev–Trinajstić information content (AvgIpc) is 2.29. The van der Waals surface area contributed by atoms with E-state index in [-0.39, 0.29) is 5.82 Å². The molecule has 17 heavy (non-hydrogen) atoms. The topological polar surface area (TPSA) is 75.6 Å². The number of nitrogens with two attached hydrogens (primary N) is 1. The van der Waals surface area contributed by atoms with Crippen molar-refractivity contribution in [1.82, 2.24) is 9.97 Å². The Morgan fingerprint density at radius 3 is 2.88 bits per heavy atom. The highest BCUT2D eigenvalue weighted by molar-refractivity contribution is 9.10. The molecule has 0 atom stereocenters. The Labute approximate surface area is 107 Å². The zero-order valence-corrected chi connectivity index (χ0v) is 10.5. The Morgan fingerprint density at radius 2 is 2.24 bits per heavy atom. The zero-order chi connectivity index (χ0) is 12.3. The second kappa shape index (κ2) is 4.93. The second-order valence-electron chi connectivity index (χ2n) is 3.50. The number of hydrogen-bond acceptors (Lipinski definition) is 4. The maximum atomic E-state index is 8.72. The van der Waals surface area contributed by atoms with Gasteiger partial charge in [-0.25, -0.2) is 9.97 Å². The van der Waals surface area contributed by atoms with E-state index in [2.05, 4.69) is 25.9 Å². The third kappa shape index (κ3) is 2.80. The van der Waals surface area contributed by atoms with Gasteiger partial charge in [-0.2, -0.15) is 5.26 Å². The summed E-state index contributed by atoms with van der Waals surface area (Å²) in [5.74, 6) is 0.840. The number of rotatable bonds is 2. The van der Waals surface area contributed by atoms with Gasteiger partial charge in [0.1, 0.15) is 23.3 Å². The predicted molar refractivity (Wildman–Crippen MR) is 68.1 cm³/mol. The number of halogens is 1. The molecule has 0 aliphatic heterocycles. The normalized spacial score (nSPS) is 9.88. The van der Waals surface area contributed by atoms with Crippen LogP contribution in [0.2, 0.25) is 0 Å². The molecule has 0 spiro atoms. The molecule has 0 aliphatic carbocycles. The van der Waals surface area contributed by atoms with Crippen LogP contribution in [-0.2, 0) is 6.42 Å². The van der Waals surface area contributed by atoms with Crippen molar-refractivity contribution in [2.75, 3.05) is 5.73 Å². The van der Waals surface area contributed by atoms with Crippen LogP contribution in [0.3, 0.4) is 0 Å². The maximum absolute atomic E-state index is 8.72. The van der Waals surface area contributed by atoms with Crippen molar-refractivity contribution in [1.29, 1.82) is 5.26 Å². The number of nitrogens with zero attached hydrogens (tertiary/aromatic N) is 3. The van der Waals surface area contributed by atoms with Gasteiger partial charge < -0.3 is 5.73 Å².